The Balaban J connectivity index is 2.94. The van der Waals surface area contributed by atoms with E-state index in [1.165, 1.54) is 0 Å². The fourth-order valence-corrected chi connectivity index (χ4v) is 1.97. The van der Waals surface area contributed by atoms with E-state index in [9.17, 15) is 4.79 Å². The third kappa shape index (κ3) is 1.86. The van der Waals surface area contributed by atoms with Gasteiger partial charge in [-0.15, -0.1) is 0 Å². The Morgan fingerprint density at radius 2 is 1.53 bits per heavy atom. The normalized spacial score (nSPS) is 10.6. The molecule has 4 nitrogen and oxygen atoms in total. The van der Waals surface area contributed by atoms with E-state index in [0.717, 1.165) is 11.1 Å². The molecule has 0 aliphatic carbocycles. The number of para-hydroxylation sites is 1. The molecular formula is C13H16N2O2. The summed E-state index contributed by atoms with van der Waals surface area (Å²) in [5.41, 5.74) is 1.78. The molecule has 2 rings (SSSR count). The molecule has 0 saturated carbocycles. The standard InChI is InChI=1S/C13H16N2O2/c1-14(2)11-9-7-5-6-8-10(9)17-13(16)12(11)15(3)4/h5-8H,1-4H3. The van der Waals surface area contributed by atoms with Gasteiger partial charge in [0.25, 0.3) is 0 Å². The fraction of sp³-hybridized carbons (Fsp3) is 0.308. The van der Waals surface area contributed by atoms with Gasteiger partial charge in [-0.25, -0.2) is 4.79 Å². The molecule has 0 bridgehead atoms. The van der Waals surface area contributed by atoms with Crippen molar-refractivity contribution in [1.29, 1.82) is 0 Å². The summed E-state index contributed by atoms with van der Waals surface area (Å²) in [6, 6.07) is 7.57. The van der Waals surface area contributed by atoms with Crippen LogP contribution >= 0.6 is 0 Å². The first-order valence-electron chi connectivity index (χ1n) is 5.43. The molecule has 0 unspecified atom stereocenters. The van der Waals surface area contributed by atoms with E-state index in [4.69, 9.17) is 4.42 Å². The van der Waals surface area contributed by atoms with Gasteiger partial charge in [0.2, 0.25) is 0 Å². The Bertz CT molecular complexity index is 600. The van der Waals surface area contributed by atoms with Crippen LogP contribution in [0, 0.1) is 0 Å². The van der Waals surface area contributed by atoms with Crippen molar-refractivity contribution in [3.05, 3.63) is 34.7 Å². The van der Waals surface area contributed by atoms with E-state index in [1.807, 2.05) is 57.4 Å². The van der Waals surface area contributed by atoms with E-state index in [1.54, 1.807) is 4.90 Å². The average molecular weight is 232 g/mol. The van der Waals surface area contributed by atoms with Gasteiger partial charge < -0.3 is 14.2 Å². The first-order valence-corrected chi connectivity index (χ1v) is 5.43. The highest BCUT2D eigenvalue weighted by atomic mass is 16.4. The molecule has 0 radical (unpaired) electrons. The van der Waals surface area contributed by atoms with Crippen molar-refractivity contribution in [2.45, 2.75) is 0 Å². The van der Waals surface area contributed by atoms with E-state index < -0.39 is 0 Å². The smallest absolute Gasteiger partial charge is 0.362 e. The molecule has 2 aromatic rings. The summed E-state index contributed by atoms with van der Waals surface area (Å²) in [4.78, 5) is 15.7. The summed E-state index contributed by atoms with van der Waals surface area (Å²) < 4.78 is 5.32. The van der Waals surface area contributed by atoms with Crippen LogP contribution in [-0.2, 0) is 0 Å². The van der Waals surface area contributed by atoms with Crippen molar-refractivity contribution in [3.8, 4) is 0 Å². The van der Waals surface area contributed by atoms with E-state index in [0.29, 0.717) is 11.3 Å². The molecule has 1 aromatic carbocycles. The van der Waals surface area contributed by atoms with Gasteiger partial charge in [-0.2, -0.15) is 0 Å². The van der Waals surface area contributed by atoms with Gasteiger partial charge in [-0.1, -0.05) is 12.1 Å². The van der Waals surface area contributed by atoms with Crippen molar-refractivity contribution in [3.63, 3.8) is 0 Å². The van der Waals surface area contributed by atoms with Gasteiger partial charge >= 0.3 is 5.63 Å². The van der Waals surface area contributed by atoms with Gasteiger partial charge in [0, 0.05) is 33.6 Å². The predicted octanol–water partition coefficient (Wildman–Crippen LogP) is 1.92. The number of hydrogen-bond donors (Lipinski definition) is 0. The molecule has 0 saturated heterocycles. The van der Waals surface area contributed by atoms with Crippen LogP contribution in [0.4, 0.5) is 11.4 Å². The molecule has 1 aromatic heterocycles. The molecule has 0 spiro atoms. The van der Waals surface area contributed by atoms with E-state index >= 15 is 0 Å². The molecule has 17 heavy (non-hydrogen) atoms. The third-order valence-corrected chi connectivity index (χ3v) is 2.66. The molecule has 0 N–H and O–H groups in total. The first kappa shape index (κ1) is 11.5. The summed E-state index contributed by atoms with van der Waals surface area (Å²) in [6.07, 6.45) is 0. The highest BCUT2D eigenvalue weighted by molar-refractivity contribution is 5.96. The summed E-state index contributed by atoms with van der Waals surface area (Å²) >= 11 is 0. The second-order valence-corrected chi connectivity index (χ2v) is 4.37. The van der Waals surface area contributed by atoms with Crippen LogP contribution in [-0.4, -0.2) is 28.2 Å². The minimum Gasteiger partial charge on any atom is -0.421 e. The zero-order valence-corrected chi connectivity index (χ0v) is 10.5. The molecule has 0 aliphatic rings. The van der Waals surface area contributed by atoms with Crippen LogP contribution in [0.1, 0.15) is 0 Å². The van der Waals surface area contributed by atoms with Crippen LogP contribution in [0.25, 0.3) is 11.0 Å². The minimum atomic E-state index is -0.308. The summed E-state index contributed by atoms with van der Waals surface area (Å²) in [6.45, 7) is 0. The van der Waals surface area contributed by atoms with Gasteiger partial charge in [-0.05, 0) is 12.1 Å². The number of nitrogens with zero attached hydrogens (tertiary/aromatic N) is 2. The van der Waals surface area contributed by atoms with E-state index in [-0.39, 0.29) is 5.63 Å². The van der Waals surface area contributed by atoms with Crippen molar-refractivity contribution >= 4 is 22.3 Å². The monoisotopic (exact) mass is 232 g/mol. The average Bonchev–Trinajstić information content (AvgIpc) is 2.26. The molecule has 4 heteroatoms. The number of hydrogen-bond acceptors (Lipinski definition) is 4. The zero-order chi connectivity index (χ0) is 12.6. The van der Waals surface area contributed by atoms with Crippen LogP contribution in [0.2, 0.25) is 0 Å². The largest absolute Gasteiger partial charge is 0.421 e. The summed E-state index contributed by atoms with van der Waals surface area (Å²) in [5, 5.41) is 0.945. The second-order valence-electron chi connectivity index (χ2n) is 4.37. The van der Waals surface area contributed by atoms with Gasteiger partial charge in [0.1, 0.15) is 11.3 Å². The van der Waals surface area contributed by atoms with Gasteiger partial charge in [0.05, 0.1) is 5.69 Å². The summed E-state index contributed by atoms with van der Waals surface area (Å²) in [7, 11) is 7.53. The lowest BCUT2D eigenvalue weighted by Crippen LogP contribution is -2.23. The molecule has 0 amide bonds. The fourth-order valence-electron chi connectivity index (χ4n) is 1.97. The zero-order valence-electron chi connectivity index (χ0n) is 10.5. The van der Waals surface area contributed by atoms with Crippen molar-refractivity contribution in [2.24, 2.45) is 0 Å². The van der Waals surface area contributed by atoms with E-state index in [2.05, 4.69) is 0 Å². The Morgan fingerprint density at radius 3 is 2.12 bits per heavy atom. The molecule has 0 atom stereocenters. The second kappa shape index (κ2) is 4.13. The van der Waals surface area contributed by atoms with Crippen LogP contribution < -0.4 is 15.4 Å². The SMILES string of the molecule is CN(C)c1c(N(C)C)c2ccccc2oc1=O. The predicted molar refractivity (Wildman–Crippen MR) is 71.1 cm³/mol. The maximum atomic E-state index is 12.0. The van der Waals surface area contributed by atoms with Crippen molar-refractivity contribution < 1.29 is 4.42 Å². The lowest BCUT2D eigenvalue weighted by Gasteiger charge is -2.22. The lowest BCUT2D eigenvalue weighted by molar-refractivity contribution is 0.560. The minimum absolute atomic E-state index is 0.308. The molecule has 90 valence electrons. The van der Waals surface area contributed by atoms with Crippen LogP contribution in [0.5, 0.6) is 0 Å². The summed E-state index contributed by atoms with van der Waals surface area (Å²) in [5.74, 6) is 0. The Morgan fingerprint density at radius 1 is 0.941 bits per heavy atom. The first-order chi connectivity index (χ1) is 8.02. The number of benzene rings is 1. The molecule has 0 aliphatic heterocycles. The Labute approximate surface area is 100 Å². The van der Waals surface area contributed by atoms with Crippen molar-refractivity contribution in [2.75, 3.05) is 38.0 Å². The number of fused-ring (bicyclic) bond motifs is 1. The maximum Gasteiger partial charge on any atom is 0.362 e. The molecular weight excluding hydrogens is 216 g/mol. The lowest BCUT2D eigenvalue weighted by atomic mass is 10.1. The van der Waals surface area contributed by atoms with Gasteiger partial charge in [-0.3, -0.25) is 0 Å². The maximum absolute atomic E-state index is 12.0. The third-order valence-electron chi connectivity index (χ3n) is 2.66. The Hall–Kier alpha value is -1.97. The van der Waals surface area contributed by atoms with Crippen molar-refractivity contribution in [1.82, 2.24) is 0 Å². The topological polar surface area (TPSA) is 36.7 Å². The molecule has 0 fully saturated rings. The number of anilines is 2. The van der Waals surface area contributed by atoms with Gasteiger partial charge in [0.15, 0.2) is 0 Å². The highest BCUT2D eigenvalue weighted by Crippen LogP contribution is 2.31. The van der Waals surface area contributed by atoms with Crippen LogP contribution in [0.3, 0.4) is 0 Å². The molecule has 1 heterocycles. The quantitative estimate of drug-likeness (QED) is 0.741. The number of rotatable bonds is 2. The Kier molecular flexibility index (Phi) is 2.79. The van der Waals surface area contributed by atoms with Crippen LogP contribution in [0.15, 0.2) is 33.5 Å². The highest BCUT2D eigenvalue weighted by Gasteiger charge is 2.17.